The number of hydrogen-bond donors (Lipinski definition) is 2. The van der Waals surface area contributed by atoms with E-state index in [0.29, 0.717) is 41.4 Å². The molecule has 0 aromatic heterocycles. The van der Waals surface area contributed by atoms with Crippen LogP contribution in [0.1, 0.15) is 93.1 Å². The molecule has 366 valence electrons. The lowest BCUT2D eigenvalue weighted by Crippen LogP contribution is -2.70. The number of non-ortho nitro benzene ring substituents is 1. The number of aliphatic hydroxyl groups excluding tert-OH is 2. The molecular weight excluding hydrogens is 891 g/mol. The van der Waals surface area contributed by atoms with Crippen LogP contribution in [-0.2, 0) is 16.1 Å². The highest BCUT2D eigenvalue weighted by Crippen LogP contribution is 2.62. The van der Waals surface area contributed by atoms with Crippen LogP contribution in [0.25, 0.3) is 10.8 Å². The summed E-state index contributed by atoms with van der Waals surface area (Å²) in [6, 6.07) is 30.9. The van der Waals surface area contributed by atoms with Crippen molar-refractivity contribution in [3.8, 4) is 23.0 Å². The van der Waals surface area contributed by atoms with Crippen LogP contribution in [0, 0.1) is 27.9 Å². The summed E-state index contributed by atoms with van der Waals surface area (Å²) in [4.78, 5) is 46.2. The number of carbonyl (C=O) groups is 2. The van der Waals surface area contributed by atoms with Crippen LogP contribution in [0.2, 0.25) is 0 Å². The second kappa shape index (κ2) is 21.8. The van der Waals surface area contributed by atoms with Gasteiger partial charge in [-0.2, -0.15) is 0 Å². The highest BCUT2D eigenvalue weighted by molar-refractivity contribution is 6.03. The quantitative estimate of drug-likeness (QED) is 0.0249. The third-order valence-electron chi connectivity index (χ3n) is 13.4. The molecule has 1 amide bonds. The Hall–Kier alpha value is -6.87. The Labute approximate surface area is 408 Å². The fraction of sp³-hybridized carbons (Fsp3) is 0.375. The van der Waals surface area contributed by atoms with E-state index >= 15 is 4.79 Å². The van der Waals surface area contributed by atoms with Crippen LogP contribution in [0.3, 0.4) is 0 Å². The van der Waals surface area contributed by atoms with E-state index < -0.39 is 34.4 Å². The number of oxime groups is 1. The summed E-state index contributed by atoms with van der Waals surface area (Å²) in [6.07, 6.45) is 8.23. The molecule has 8 rings (SSSR count). The maximum Gasteiger partial charge on any atom is 0.416 e. The maximum atomic E-state index is 15.3. The van der Waals surface area contributed by atoms with Gasteiger partial charge in [0, 0.05) is 48.8 Å². The molecule has 5 aromatic rings. The van der Waals surface area contributed by atoms with Gasteiger partial charge in [-0.25, -0.2) is 4.79 Å². The Bertz CT molecular complexity index is 2740. The van der Waals surface area contributed by atoms with E-state index in [-0.39, 0.29) is 62.0 Å². The number of amides is 1. The Morgan fingerprint density at radius 2 is 1.63 bits per heavy atom. The Morgan fingerprint density at radius 1 is 0.914 bits per heavy atom. The maximum absolute atomic E-state index is 15.3. The molecule has 1 aliphatic heterocycles. The van der Waals surface area contributed by atoms with Crippen molar-refractivity contribution >= 4 is 34.6 Å². The van der Waals surface area contributed by atoms with Crippen LogP contribution < -0.4 is 14.2 Å². The van der Waals surface area contributed by atoms with E-state index in [1.165, 1.54) is 24.3 Å². The zero-order valence-electron chi connectivity index (χ0n) is 39.9. The van der Waals surface area contributed by atoms with Crippen molar-refractivity contribution in [1.82, 2.24) is 4.90 Å². The number of nitro groups is 1. The van der Waals surface area contributed by atoms with E-state index in [1.54, 1.807) is 35.2 Å². The number of aliphatic hydroxyl groups is 2. The fourth-order valence-corrected chi connectivity index (χ4v) is 10.4. The molecule has 1 saturated carbocycles. The third-order valence-corrected chi connectivity index (χ3v) is 13.4. The highest BCUT2D eigenvalue weighted by Gasteiger charge is 2.66. The first-order valence-corrected chi connectivity index (χ1v) is 24.1. The number of carbonyl (C=O) groups excluding carboxylic acids is 2. The predicted octanol–water partition coefficient (Wildman–Crippen LogP) is 11.5. The second-order valence-electron chi connectivity index (χ2n) is 19.2. The number of nitro benzene ring substituents is 1. The van der Waals surface area contributed by atoms with Crippen LogP contribution in [-0.4, -0.2) is 75.4 Å². The van der Waals surface area contributed by atoms with Crippen molar-refractivity contribution in [3.05, 3.63) is 160 Å². The van der Waals surface area contributed by atoms with Crippen molar-refractivity contribution in [2.75, 3.05) is 19.8 Å². The fourth-order valence-electron chi connectivity index (χ4n) is 10.4. The summed E-state index contributed by atoms with van der Waals surface area (Å²) in [5, 5.41) is 38.6. The van der Waals surface area contributed by atoms with Gasteiger partial charge in [-0.15, -0.1) is 6.58 Å². The minimum absolute atomic E-state index is 0.0197. The van der Waals surface area contributed by atoms with Crippen molar-refractivity contribution < 1.29 is 48.5 Å². The molecule has 14 heteroatoms. The average molecular weight is 952 g/mol. The zero-order valence-corrected chi connectivity index (χ0v) is 39.9. The number of hydrogen-bond acceptors (Lipinski definition) is 12. The number of unbranched alkanes of at least 4 members (excludes halogenated alkanes) is 2. The summed E-state index contributed by atoms with van der Waals surface area (Å²) in [7, 11) is 0. The molecule has 70 heavy (non-hydrogen) atoms. The second-order valence-corrected chi connectivity index (χ2v) is 19.2. The third kappa shape index (κ3) is 10.8. The van der Waals surface area contributed by atoms with Gasteiger partial charge in [-0.3, -0.25) is 19.8 Å². The normalized spacial score (nSPS) is 21.9. The molecule has 3 aliphatic rings. The van der Waals surface area contributed by atoms with Crippen LogP contribution in [0.15, 0.2) is 139 Å². The number of benzene rings is 5. The van der Waals surface area contributed by atoms with E-state index in [2.05, 4.69) is 12.7 Å². The molecule has 2 N–H and O–H groups in total. The molecule has 5 aromatic carbocycles. The van der Waals surface area contributed by atoms with Crippen molar-refractivity contribution in [2.45, 2.75) is 95.6 Å². The first-order chi connectivity index (χ1) is 33.9. The first-order valence-electron chi connectivity index (χ1n) is 24.1. The molecule has 14 nitrogen and oxygen atoms in total. The predicted molar refractivity (Wildman–Crippen MR) is 266 cm³/mol. The standard InChI is InChI=1S/C56H61N3O11/c1-5-30-66-56-51(58(35-40-18-13-17-38-15-6-7-20-45(38)40)54(63)68-42-24-22-41(23-25-42)59(64)65)34-49(57-70-55(2,3)4)47-32-39(16-8-10-28-60)46(21-9-11-29-61)52(53(47)56)48-33-44(26-27-50(48)69-56)67-43-19-12-14-37(31-43)36-62/h5-7,12-15,17-20,22-27,31-33,36,39,46,51-53,60-61H,1,8-11,16,21,28-30,34-35H2,2-4H3/t39-,46+,51-,52+,53+,56+/m0/s1. The minimum Gasteiger partial charge on any atom is -0.459 e. The number of allylic oxidation sites excluding steroid dienone is 1. The number of aldehydes is 1. The van der Waals surface area contributed by atoms with Gasteiger partial charge in [-0.05, 0) is 123 Å². The Morgan fingerprint density at radius 3 is 2.36 bits per heavy atom. The summed E-state index contributed by atoms with van der Waals surface area (Å²) >= 11 is 0. The molecule has 0 radical (unpaired) electrons. The molecule has 1 heterocycles. The van der Waals surface area contributed by atoms with Gasteiger partial charge >= 0.3 is 6.09 Å². The molecule has 0 saturated heterocycles. The summed E-state index contributed by atoms with van der Waals surface area (Å²) < 4.78 is 27.3. The van der Waals surface area contributed by atoms with Gasteiger partial charge in [-0.1, -0.05) is 84.7 Å². The molecule has 0 spiro atoms. The lowest BCUT2D eigenvalue weighted by molar-refractivity contribution is -0.384. The van der Waals surface area contributed by atoms with Gasteiger partial charge in [0.1, 0.15) is 40.9 Å². The summed E-state index contributed by atoms with van der Waals surface area (Å²) in [5.41, 5.74) is 2.75. The number of ether oxygens (including phenoxy) is 4. The summed E-state index contributed by atoms with van der Waals surface area (Å²) in [6.45, 7) is 9.98. The zero-order chi connectivity index (χ0) is 49.4. The van der Waals surface area contributed by atoms with Gasteiger partial charge < -0.3 is 34.0 Å². The molecule has 0 unspecified atom stereocenters. The van der Waals surface area contributed by atoms with E-state index in [4.69, 9.17) is 28.9 Å². The lowest BCUT2D eigenvalue weighted by Gasteiger charge is -2.60. The van der Waals surface area contributed by atoms with Crippen molar-refractivity contribution in [2.24, 2.45) is 22.9 Å². The topological polar surface area (TPSA) is 179 Å². The van der Waals surface area contributed by atoms with Crippen molar-refractivity contribution in [1.29, 1.82) is 0 Å². The molecule has 2 aliphatic carbocycles. The van der Waals surface area contributed by atoms with E-state index in [1.807, 2.05) is 81.4 Å². The largest absolute Gasteiger partial charge is 0.459 e. The summed E-state index contributed by atoms with van der Waals surface area (Å²) in [5.74, 6) is -1.07. The van der Waals surface area contributed by atoms with Crippen LogP contribution in [0.5, 0.6) is 23.0 Å². The van der Waals surface area contributed by atoms with Gasteiger partial charge in [0.2, 0.25) is 5.79 Å². The molecule has 0 bridgehead atoms. The van der Waals surface area contributed by atoms with Crippen molar-refractivity contribution in [3.63, 3.8) is 0 Å². The Kier molecular flexibility index (Phi) is 15.5. The van der Waals surface area contributed by atoms with Gasteiger partial charge in [0.15, 0.2) is 0 Å². The molecular formula is C56H61N3O11. The highest BCUT2D eigenvalue weighted by atomic mass is 16.7. The molecule has 6 atom stereocenters. The number of rotatable bonds is 20. The van der Waals surface area contributed by atoms with E-state index in [0.717, 1.165) is 59.4 Å². The molecule has 1 fully saturated rings. The van der Waals surface area contributed by atoms with Gasteiger partial charge in [0.05, 0.1) is 29.7 Å². The average Bonchev–Trinajstić information content (AvgIpc) is 3.35. The number of fused-ring (bicyclic) bond motifs is 3. The number of nitrogens with zero attached hydrogens (tertiary/aromatic N) is 3. The Balaban J connectivity index is 1.37. The first kappa shape index (κ1) is 49.5. The van der Waals surface area contributed by atoms with Gasteiger partial charge in [0.25, 0.3) is 5.69 Å². The van der Waals surface area contributed by atoms with Crippen LogP contribution in [0.4, 0.5) is 10.5 Å². The van der Waals surface area contributed by atoms with E-state index in [9.17, 15) is 25.1 Å². The lowest BCUT2D eigenvalue weighted by atomic mass is 9.55. The smallest absolute Gasteiger partial charge is 0.416 e. The van der Waals surface area contributed by atoms with Crippen LogP contribution >= 0.6 is 0 Å². The minimum atomic E-state index is -1.62. The monoisotopic (exact) mass is 951 g/mol. The SMILES string of the molecule is C=CCO[C@@]12Oc3ccc(Oc4cccc(C=O)c4)cc3[C@H]3[C@H](CCCCO)[C@@H](CCCCO)C=C(C(=NOC(C)(C)C)C[C@@H]1N(Cc1cccc4ccccc14)C(=O)Oc1ccc([N+](=O)[O-])cc1)[C@H]32.